The molecule has 0 spiro atoms. The Labute approximate surface area is 278 Å². The molecule has 0 saturated carbocycles. The molecule has 3 N–H and O–H groups in total. The molecule has 0 amide bonds. The van der Waals surface area contributed by atoms with E-state index in [4.69, 9.17) is 4.74 Å². The van der Waals surface area contributed by atoms with Gasteiger partial charge in [0.05, 0.1) is 9.79 Å². The standard InChI is InChI=1S/C17H21NO5S2.C13H17NO5S2/c1-4-5-11-23-13-6-8-14(9-7-13)25(21,22)18-10-12-24-17(2,3)15(18)16(19)20;1-13(2)11(12(16)17)14(7-8-20-13)21(18,19)10-5-3-9(15)4-6-10/h6-9,15H,10-12H2,1-3H3,(H,19,20);3-6,11,15H,7-8H2,1-2H3,(H,16,17). The predicted octanol–water partition coefficient (Wildman–Crippen LogP) is 3.42. The number of carboxylic acids is 2. The second kappa shape index (κ2) is 14.9. The highest BCUT2D eigenvalue weighted by molar-refractivity contribution is 8.01. The number of thioether (sulfide) groups is 2. The van der Waals surface area contributed by atoms with Gasteiger partial charge in [-0.1, -0.05) is 5.92 Å². The molecule has 0 aliphatic carbocycles. The number of phenolic OH excluding ortho intramolecular Hbond substituents is 1. The number of sulfonamides is 2. The Bertz CT molecular complexity index is 1680. The van der Waals surface area contributed by atoms with Gasteiger partial charge < -0.3 is 20.1 Å². The summed E-state index contributed by atoms with van der Waals surface area (Å²) in [5, 5.41) is 28.3. The van der Waals surface area contributed by atoms with Crippen molar-refractivity contribution < 1.29 is 46.5 Å². The number of benzene rings is 2. The molecule has 2 aromatic rings. The van der Waals surface area contributed by atoms with Crippen molar-refractivity contribution in [3.63, 3.8) is 0 Å². The van der Waals surface area contributed by atoms with Crippen LogP contribution in [0.2, 0.25) is 0 Å². The lowest BCUT2D eigenvalue weighted by Crippen LogP contribution is -2.58. The molecule has 2 atom stereocenters. The summed E-state index contributed by atoms with van der Waals surface area (Å²) in [5.41, 5.74) is 0. The summed E-state index contributed by atoms with van der Waals surface area (Å²) in [5.74, 6) is 4.71. The third-order valence-electron chi connectivity index (χ3n) is 7.29. The van der Waals surface area contributed by atoms with Gasteiger partial charge in [-0.2, -0.15) is 32.1 Å². The quantitative estimate of drug-likeness (QED) is 0.340. The summed E-state index contributed by atoms with van der Waals surface area (Å²) >= 11 is 2.91. The van der Waals surface area contributed by atoms with Gasteiger partial charge in [0.15, 0.2) is 0 Å². The number of nitrogens with zero attached hydrogens (tertiary/aromatic N) is 2. The van der Waals surface area contributed by atoms with Crippen molar-refractivity contribution in [2.45, 2.75) is 66.0 Å². The predicted molar refractivity (Wildman–Crippen MR) is 177 cm³/mol. The normalized spacial score (nSPS) is 21.5. The van der Waals surface area contributed by atoms with E-state index in [1.807, 2.05) is 0 Å². The number of aromatic hydroxyl groups is 1. The summed E-state index contributed by atoms with van der Waals surface area (Å²) in [7, 11) is -7.83. The fraction of sp³-hybridized carbons (Fsp3) is 0.467. The van der Waals surface area contributed by atoms with Gasteiger partial charge in [0.1, 0.15) is 30.2 Å². The maximum absolute atomic E-state index is 13.0. The molecule has 0 bridgehead atoms. The molecule has 252 valence electrons. The van der Waals surface area contributed by atoms with E-state index in [0.717, 1.165) is 8.61 Å². The first-order valence-electron chi connectivity index (χ1n) is 14.0. The van der Waals surface area contributed by atoms with Crippen LogP contribution in [0.15, 0.2) is 58.3 Å². The molecule has 2 saturated heterocycles. The van der Waals surface area contributed by atoms with Crippen molar-refractivity contribution in [2.24, 2.45) is 0 Å². The van der Waals surface area contributed by atoms with E-state index >= 15 is 0 Å². The van der Waals surface area contributed by atoms with Gasteiger partial charge in [0, 0.05) is 34.1 Å². The van der Waals surface area contributed by atoms with E-state index in [2.05, 4.69) is 11.8 Å². The van der Waals surface area contributed by atoms with Crippen LogP contribution in [-0.4, -0.2) is 105 Å². The smallest absolute Gasteiger partial charge is 0.323 e. The summed E-state index contributed by atoms with van der Waals surface area (Å²) < 4.78 is 57.3. The van der Waals surface area contributed by atoms with Crippen LogP contribution in [0.3, 0.4) is 0 Å². The fourth-order valence-electron chi connectivity index (χ4n) is 5.05. The summed E-state index contributed by atoms with van der Waals surface area (Å²) in [6.45, 7) is 9.21. The maximum Gasteiger partial charge on any atom is 0.323 e. The number of hydrogen-bond acceptors (Lipinski definition) is 10. The number of phenols is 1. The Balaban J connectivity index is 0.000000254. The van der Waals surface area contributed by atoms with Crippen LogP contribution in [-0.2, 0) is 29.6 Å². The lowest BCUT2D eigenvalue weighted by Gasteiger charge is -2.42. The van der Waals surface area contributed by atoms with Crippen molar-refractivity contribution >= 4 is 55.5 Å². The Kier molecular flexibility index (Phi) is 12.1. The van der Waals surface area contributed by atoms with Crippen LogP contribution >= 0.6 is 23.5 Å². The van der Waals surface area contributed by atoms with Crippen molar-refractivity contribution in [3.05, 3.63) is 48.5 Å². The number of hydrogen-bond donors (Lipinski definition) is 3. The minimum Gasteiger partial charge on any atom is -0.508 e. The zero-order chi connectivity index (χ0) is 34.5. The van der Waals surface area contributed by atoms with Gasteiger partial charge in [-0.3, -0.25) is 9.59 Å². The van der Waals surface area contributed by atoms with Gasteiger partial charge in [0.2, 0.25) is 20.0 Å². The van der Waals surface area contributed by atoms with Crippen LogP contribution in [0.25, 0.3) is 0 Å². The molecule has 2 aliphatic heterocycles. The topological polar surface area (TPSA) is 179 Å². The molecule has 46 heavy (non-hydrogen) atoms. The Morgan fingerprint density at radius 1 is 0.804 bits per heavy atom. The second-order valence-electron chi connectivity index (χ2n) is 11.3. The summed E-state index contributed by atoms with van der Waals surface area (Å²) in [6.07, 6.45) is 0. The highest BCUT2D eigenvalue weighted by Gasteiger charge is 2.49. The van der Waals surface area contributed by atoms with Crippen molar-refractivity contribution in [1.29, 1.82) is 0 Å². The molecule has 2 aliphatic rings. The lowest BCUT2D eigenvalue weighted by molar-refractivity contribution is -0.143. The number of carbonyl (C=O) groups is 2. The summed E-state index contributed by atoms with van der Waals surface area (Å²) in [6, 6.07) is 8.79. The molecule has 4 rings (SSSR count). The molecular weight excluding hydrogens is 677 g/mol. The molecule has 2 heterocycles. The van der Waals surface area contributed by atoms with Gasteiger partial charge in [0.25, 0.3) is 0 Å². The number of aliphatic carboxylic acids is 2. The molecule has 0 radical (unpaired) electrons. The van der Waals surface area contributed by atoms with Crippen LogP contribution in [0, 0.1) is 11.8 Å². The van der Waals surface area contributed by atoms with Crippen LogP contribution in [0.4, 0.5) is 0 Å². The molecule has 16 heteroatoms. The minimum absolute atomic E-state index is 0.0192. The molecule has 12 nitrogen and oxygen atoms in total. The fourth-order valence-corrected chi connectivity index (χ4v) is 11.2. The molecule has 0 aromatic heterocycles. The summed E-state index contributed by atoms with van der Waals surface area (Å²) in [4.78, 5) is 23.3. The van der Waals surface area contributed by atoms with Crippen LogP contribution in [0.5, 0.6) is 11.5 Å². The van der Waals surface area contributed by atoms with Crippen molar-refractivity contribution in [1.82, 2.24) is 8.61 Å². The Morgan fingerprint density at radius 3 is 1.57 bits per heavy atom. The van der Waals surface area contributed by atoms with Crippen molar-refractivity contribution in [2.75, 3.05) is 31.2 Å². The average Bonchev–Trinajstić information content (AvgIpc) is 2.96. The minimum atomic E-state index is -3.92. The highest BCUT2D eigenvalue weighted by Crippen LogP contribution is 2.39. The number of carboxylic acid groups (broad SMARTS) is 2. The monoisotopic (exact) mass is 714 g/mol. The Morgan fingerprint density at radius 2 is 1.20 bits per heavy atom. The zero-order valence-corrected chi connectivity index (χ0v) is 29.3. The molecule has 2 unspecified atom stereocenters. The first kappa shape index (κ1) is 37.5. The third kappa shape index (κ3) is 8.50. The van der Waals surface area contributed by atoms with E-state index in [0.29, 0.717) is 17.3 Å². The van der Waals surface area contributed by atoms with E-state index < -0.39 is 53.6 Å². The van der Waals surface area contributed by atoms with Crippen LogP contribution < -0.4 is 4.74 Å². The van der Waals surface area contributed by atoms with E-state index in [1.54, 1.807) is 46.8 Å². The number of rotatable bonds is 8. The largest absolute Gasteiger partial charge is 0.508 e. The SMILES string of the molecule is CC#CCOc1ccc(S(=O)(=O)N2CCSC(C)(C)C2C(=O)O)cc1.CC1(C)SCCN(S(=O)(=O)c2ccc(O)cc2)C1C(=O)O. The van der Waals surface area contributed by atoms with E-state index in [9.17, 15) is 41.7 Å². The molecular formula is C30H38N2O10S4. The van der Waals surface area contributed by atoms with Gasteiger partial charge in [-0.25, -0.2) is 16.8 Å². The number of ether oxygens (including phenoxy) is 1. The van der Waals surface area contributed by atoms with Gasteiger partial charge >= 0.3 is 11.9 Å². The van der Waals surface area contributed by atoms with Crippen molar-refractivity contribution in [3.8, 4) is 23.3 Å². The first-order chi connectivity index (χ1) is 21.4. The molecule has 2 aromatic carbocycles. The van der Waals surface area contributed by atoms with E-state index in [-0.39, 0.29) is 35.2 Å². The maximum atomic E-state index is 13.0. The average molecular weight is 715 g/mol. The van der Waals surface area contributed by atoms with Gasteiger partial charge in [-0.05, 0) is 83.1 Å². The first-order valence-corrected chi connectivity index (χ1v) is 18.9. The third-order valence-corrected chi connectivity index (χ3v) is 13.8. The highest BCUT2D eigenvalue weighted by atomic mass is 32.2. The zero-order valence-electron chi connectivity index (χ0n) is 26.0. The van der Waals surface area contributed by atoms with Crippen LogP contribution in [0.1, 0.15) is 34.6 Å². The van der Waals surface area contributed by atoms with Gasteiger partial charge in [-0.15, -0.1) is 5.92 Å². The molecule has 2 fully saturated rings. The lowest BCUT2D eigenvalue weighted by atomic mass is 10.0. The Hall–Kier alpha value is -2.94. The van der Waals surface area contributed by atoms with E-state index in [1.165, 1.54) is 59.9 Å². The second-order valence-corrected chi connectivity index (χ2v) is 18.6.